The Morgan fingerprint density at radius 1 is 1.29 bits per heavy atom. The number of hydrogen-bond donors (Lipinski definition) is 2. The molecule has 1 saturated carbocycles. The predicted molar refractivity (Wildman–Crippen MR) is 73.0 cm³/mol. The van der Waals surface area contributed by atoms with Crippen molar-refractivity contribution in [2.75, 3.05) is 26.2 Å². The van der Waals surface area contributed by atoms with Crippen molar-refractivity contribution < 1.29 is 5.11 Å². The number of aliphatic hydroxyl groups excluding tert-OH is 1. The van der Waals surface area contributed by atoms with Gasteiger partial charge < -0.3 is 10.8 Å². The van der Waals surface area contributed by atoms with E-state index in [0.29, 0.717) is 6.04 Å². The molecule has 3 heteroatoms. The summed E-state index contributed by atoms with van der Waals surface area (Å²) < 4.78 is 0. The van der Waals surface area contributed by atoms with E-state index >= 15 is 0 Å². The van der Waals surface area contributed by atoms with Crippen LogP contribution in [-0.4, -0.2) is 42.3 Å². The monoisotopic (exact) mass is 242 g/mol. The molecule has 0 radical (unpaired) electrons. The van der Waals surface area contributed by atoms with Crippen molar-refractivity contribution in [1.82, 2.24) is 4.90 Å². The van der Waals surface area contributed by atoms with Crippen molar-refractivity contribution in [1.29, 1.82) is 0 Å². The van der Waals surface area contributed by atoms with Crippen molar-refractivity contribution in [3.05, 3.63) is 0 Å². The van der Waals surface area contributed by atoms with Crippen LogP contribution in [0.4, 0.5) is 0 Å². The summed E-state index contributed by atoms with van der Waals surface area (Å²) in [5.74, 6) is 0. The minimum Gasteiger partial charge on any atom is -0.395 e. The summed E-state index contributed by atoms with van der Waals surface area (Å²) in [6, 6.07) is 0.674. The third-order valence-corrected chi connectivity index (χ3v) is 4.41. The number of rotatable bonds is 7. The van der Waals surface area contributed by atoms with Gasteiger partial charge in [-0.25, -0.2) is 0 Å². The maximum Gasteiger partial charge on any atom is 0.0558 e. The third-order valence-electron chi connectivity index (χ3n) is 4.41. The van der Waals surface area contributed by atoms with Crippen LogP contribution in [0.25, 0.3) is 0 Å². The van der Waals surface area contributed by atoms with Gasteiger partial charge in [0.1, 0.15) is 0 Å². The van der Waals surface area contributed by atoms with Crippen LogP contribution < -0.4 is 5.73 Å². The quantitative estimate of drug-likeness (QED) is 0.718. The van der Waals surface area contributed by atoms with Crippen molar-refractivity contribution in [3.63, 3.8) is 0 Å². The van der Waals surface area contributed by atoms with Gasteiger partial charge in [-0.2, -0.15) is 0 Å². The summed E-state index contributed by atoms with van der Waals surface area (Å²) in [4.78, 5) is 2.48. The minimum atomic E-state index is 0.201. The zero-order valence-corrected chi connectivity index (χ0v) is 11.6. The second kappa shape index (κ2) is 7.34. The van der Waals surface area contributed by atoms with E-state index in [9.17, 15) is 5.11 Å². The fourth-order valence-electron chi connectivity index (χ4n) is 2.78. The van der Waals surface area contributed by atoms with E-state index in [1.807, 2.05) is 0 Å². The SMILES string of the molecule is CCC(C)(CN)CN(CCO)C1CCCCC1. The molecule has 0 aromatic rings. The summed E-state index contributed by atoms with van der Waals surface area (Å²) in [6.45, 7) is 7.32. The molecule has 0 saturated heterocycles. The van der Waals surface area contributed by atoms with Crippen LogP contribution in [0.15, 0.2) is 0 Å². The molecule has 1 aliphatic carbocycles. The molecule has 1 fully saturated rings. The van der Waals surface area contributed by atoms with E-state index in [-0.39, 0.29) is 12.0 Å². The van der Waals surface area contributed by atoms with E-state index in [2.05, 4.69) is 18.7 Å². The van der Waals surface area contributed by atoms with Gasteiger partial charge in [-0.05, 0) is 31.2 Å². The Morgan fingerprint density at radius 3 is 2.41 bits per heavy atom. The number of hydrogen-bond acceptors (Lipinski definition) is 3. The molecule has 0 amide bonds. The second-order valence-electron chi connectivity index (χ2n) is 5.85. The normalized spacial score (nSPS) is 21.7. The first-order chi connectivity index (χ1) is 8.15. The Labute approximate surface area is 106 Å². The predicted octanol–water partition coefficient (Wildman–Crippen LogP) is 1.99. The van der Waals surface area contributed by atoms with Gasteiger partial charge in [0, 0.05) is 19.1 Å². The first kappa shape index (κ1) is 14.9. The Kier molecular flexibility index (Phi) is 6.45. The molecular formula is C14H30N2O. The first-order valence-electron chi connectivity index (χ1n) is 7.20. The summed E-state index contributed by atoms with van der Waals surface area (Å²) in [5, 5.41) is 9.24. The molecule has 0 aromatic carbocycles. The molecule has 17 heavy (non-hydrogen) atoms. The maximum atomic E-state index is 9.24. The summed E-state index contributed by atoms with van der Waals surface area (Å²) in [6.07, 6.45) is 7.77. The molecule has 3 N–H and O–H groups in total. The number of nitrogens with zero attached hydrogens (tertiary/aromatic N) is 1. The number of aliphatic hydroxyl groups is 1. The zero-order valence-electron chi connectivity index (χ0n) is 11.6. The van der Waals surface area contributed by atoms with Crippen molar-refractivity contribution in [3.8, 4) is 0 Å². The maximum absolute atomic E-state index is 9.24. The molecule has 0 aromatic heterocycles. The van der Waals surface area contributed by atoms with Crippen LogP contribution >= 0.6 is 0 Å². The highest BCUT2D eigenvalue weighted by molar-refractivity contribution is 4.83. The van der Waals surface area contributed by atoms with Gasteiger partial charge in [0.2, 0.25) is 0 Å². The molecule has 1 unspecified atom stereocenters. The van der Waals surface area contributed by atoms with Crippen LogP contribution in [0.5, 0.6) is 0 Å². The molecule has 3 nitrogen and oxygen atoms in total. The molecule has 1 atom stereocenters. The van der Waals surface area contributed by atoms with Gasteiger partial charge in [0.05, 0.1) is 6.61 Å². The molecule has 0 bridgehead atoms. The van der Waals surface area contributed by atoms with E-state index in [1.54, 1.807) is 0 Å². The lowest BCUT2D eigenvalue weighted by atomic mass is 9.85. The average molecular weight is 242 g/mol. The Morgan fingerprint density at radius 2 is 1.94 bits per heavy atom. The van der Waals surface area contributed by atoms with Crippen LogP contribution in [0.3, 0.4) is 0 Å². The topological polar surface area (TPSA) is 49.5 Å². The Hall–Kier alpha value is -0.120. The molecule has 1 aliphatic rings. The highest BCUT2D eigenvalue weighted by Crippen LogP contribution is 2.27. The first-order valence-corrected chi connectivity index (χ1v) is 7.20. The molecule has 0 heterocycles. The summed E-state index contributed by atoms with van der Waals surface area (Å²) >= 11 is 0. The summed E-state index contributed by atoms with van der Waals surface area (Å²) in [7, 11) is 0. The van der Waals surface area contributed by atoms with Gasteiger partial charge in [0.25, 0.3) is 0 Å². The molecule has 102 valence electrons. The van der Waals surface area contributed by atoms with E-state index < -0.39 is 0 Å². The van der Waals surface area contributed by atoms with Gasteiger partial charge in [-0.3, -0.25) is 4.90 Å². The Bertz CT molecular complexity index is 198. The summed E-state index contributed by atoms with van der Waals surface area (Å²) in [5.41, 5.74) is 6.10. The second-order valence-corrected chi connectivity index (χ2v) is 5.85. The largest absolute Gasteiger partial charge is 0.395 e. The lowest BCUT2D eigenvalue weighted by Crippen LogP contribution is -2.47. The van der Waals surface area contributed by atoms with Gasteiger partial charge in [-0.1, -0.05) is 33.1 Å². The van der Waals surface area contributed by atoms with Crippen molar-refractivity contribution >= 4 is 0 Å². The van der Waals surface area contributed by atoms with Crippen LogP contribution in [0, 0.1) is 5.41 Å². The fourth-order valence-corrected chi connectivity index (χ4v) is 2.78. The number of nitrogens with two attached hydrogens (primary N) is 1. The van der Waals surface area contributed by atoms with E-state index in [0.717, 1.165) is 26.1 Å². The average Bonchev–Trinajstić information content (AvgIpc) is 2.39. The van der Waals surface area contributed by atoms with E-state index in [1.165, 1.54) is 32.1 Å². The minimum absolute atomic E-state index is 0.201. The van der Waals surface area contributed by atoms with Crippen molar-refractivity contribution in [2.24, 2.45) is 11.1 Å². The standard InChI is InChI=1S/C14H30N2O/c1-3-14(2,11-15)12-16(9-10-17)13-7-5-4-6-8-13/h13,17H,3-12,15H2,1-2H3. The van der Waals surface area contributed by atoms with Gasteiger partial charge >= 0.3 is 0 Å². The molecule has 1 rings (SSSR count). The third kappa shape index (κ3) is 4.57. The van der Waals surface area contributed by atoms with Crippen molar-refractivity contribution in [2.45, 2.75) is 58.4 Å². The smallest absolute Gasteiger partial charge is 0.0558 e. The highest BCUT2D eigenvalue weighted by Gasteiger charge is 2.28. The lowest BCUT2D eigenvalue weighted by molar-refractivity contribution is 0.0776. The zero-order chi connectivity index (χ0) is 12.7. The van der Waals surface area contributed by atoms with Crippen LogP contribution in [0.1, 0.15) is 52.4 Å². The van der Waals surface area contributed by atoms with Gasteiger partial charge in [-0.15, -0.1) is 0 Å². The fraction of sp³-hybridized carbons (Fsp3) is 1.00. The van der Waals surface area contributed by atoms with Crippen LogP contribution in [-0.2, 0) is 0 Å². The van der Waals surface area contributed by atoms with Crippen LogP contribution in [0.2, 0.25) is 0 Å². The van der Waals surface area contributed by atoms with Gasteiger partial charge in [0.15, 0.2) is 0 Å². The lowest BCUT2D eigenvalue weighted by Gasteiger charge is -2.40. The van der Waals surface area contributed by atoms with E-state index in [4.69, 9.17) is 5.73 Å². The molecule has 0 spiro atoms. The molecule has 0 aliphatic heterocycles. The molecular weight excluding hydrogens is 212 g/mol. The highest BCUT2D eigenvalue weighted by atomic mass is 16.3. The Balaban J connectivity index is 2.57.